The maximum absolute atomic E-state index is 13.7. The number of nitrogens with one attached hydrogen (secondary N) is 1. The van der Waals surface area contributed by atoms with Crippen molar-refractivity contribution in [2.75, 3.05) is 11.9 Å². The number of rotatable bonds is 4. The lowest BCUT2D eigenvalue weighted by atomic mass is 10.1. The van der Waals surface area contributed by atoms with Gasteiger partial charge in [-0.05, 0) is 31.9 Å². The van der Waals surface area contributed by atoms with Gasteiger partial charge in [0, 0.05) is 12.6 Å². The number of carboxylic acid groups (broad SMARTS) is 1. The van der Waals surface area contributed by atoms with Gasteiger partial charge in [-0.25, -0.2) is 14.0 Å². The van der Waals surface area contributed by atoms with Crippen LogP contribution in [0.1, 0.15) is 30.1 Å². The average Bonchev–Trinajstić information content (AvgIpc) is 3.17. The van der Waals surface area contributed by atoms with Crippen LogP contribution >= 0.6 is 0 Å². The van der Waals surface area contributed by atoms with E-state index in [4.69, 9.17) is 5.11 Å². The number of urea groups is 1. The molecule has 1 aliphatic carbocycles. The Kier molecular flexibility index (Phi) is 3.69. The zero-order chi connectivity index (χ0) is 14.0. The third kappa shape index (κ3) is 2.83. The normalized spacial score (nSPS) is 14.0. The molecule has 1 aromatic rings. The molecular weight excluding hydrogens is 251 g/mol. The van der Waals surface area contributed by atoms with Gasteiger partial charge in [0.25, 0.3) is 0 Å². The van der Waals surface area contributed by atoms with Crippen LogP contribution in [0.25, 0.3) is 0 Å². The summed E-state index contributed by atoms with van der Waals surface area (Å²) in [5, 5.41) is 11.4. The highest BCUT2D eigenvalue weighted by molar-refractivity contribution is 6.00. The van der Waals surface area contributed by atoms with E-state index in [0.29, 0.717) is 6.54 Å². The van der Waals surface area contributed by atoms with Gasteiger partial charge in [0.1, 0.15) is 5.82 Å². The van der Waals surface area contributed by atoms with Crippen LogP contribution in [0, 0.1) is 5.82 Å². The topological polar surface area (TPSA) is 69.6 Å². The number of amides is 2. The van der Waals surface area contributed by atoms with Gasteiger partial charge in [-0.2, -0.15) is 0 Å². The molecule has 2 rings (SSSR count). The third-order valence-corrected chi connectivity index (χ3v) is 3.07. The van der Waals surface area contributed by atoms with Crippen LogP contribution in [0.5, 0.6) is 0 Å². The summed E-state index contributed by atoms with van der Waals surface area (Å²) in [6.45, 7) is 2.34. The number of hydrogen-bond acceptors (Lipinski definition) is 2. The maximum atomic E-state index is 13.7. The minimum absolute atomic E-state index is 0.185. The number of carbonyl (C=O) groups excluding carboxylic acids is 1. The molecule has 0 spiro atoms. The van der Waals surface area contributed by atoms with Crippen molar-refractivity contribution in [2.24, 2.45) is 0 Å². The molecule has 6 heteroatoms. The molecule has 2 amide bonds. The van der Waals surface area contributed by atoms with Crippen molar-refractivity contribution in [1.82, 2.24) is 4.90 Å². The van der Waals surface area contributed by atoms with E-state index in [0.717, 1.165) is 18.9 Å². The number of halogens is 1. The lowest BCUT2D eigenvalue weighted by Crippen LogP contribution is -2.37. The number of hydrogen-bond donors (Lipinski definition) is 2. The second-order valence-corrected chi connectivity index (χ2v) is 4.41. The molecule has 1 aromatic carbocycles. The monoisotopic (exact) mass is 266 g/mol. The van der Waals surface area contributed by atoms with E-state index in [2.05, 4.69) is 5.32 Å². The molecule has 0 aliphatic heterocycles. The Morgan fingerprint density at radius 1 is 1.47 bits per heavy atom. The highest BCUT2D eigenvalue weighted by Crippen LogP contribution is 2.28. The van der Waals surface area contributed by atoms with Gasteiger partial charge in [0.15, 0.2) is 0 Å². The average molecular weight is 266 g/mol. The highest BCUT2D eigenvalue weighted by atomic mass is 19.1. The fourth-order valence-corrected chi connectivity index (χ4v) is 1.96. The van der Waals surface area contributed by atoms with Crippen LogP contribution in [0.4, 0.5) is 14.9 Å². The zero-order valence-electron chi connectivity index (χ0n) is 10.5. The first-order chi connectivity index (χ1) is 9.04. The molecule has 2 N–H and O–H groups in total. The summed E-state index contributed by atoms with van der Waals surface area (Å²) in [7, 11) is 0. The van der Waals surface area contributed by atoms with E-state index in [1.54, 1.807) is 4.90 Å². The molecule has 0 atom stereocenters. The second kappa shape index (κ2) is 5.26. The minimum atomic E-state index is -1.27. The molecule has 19 heavy (non-hydrogen) atoms. The van der Waals surface area contributed by atoms with Gasteiger partial charge in [-0.3, -0.25) is 0 Å². The summed E-state index contributed by atoms with van der Waals surface area (Å²) in [5.41, 5.74) is -0.528. The first kappa shape index (κ1) is 13.3. The van der Waals surface area contributed by atoms with E-state index in [-0.39, 0.29) is 17.3 Å². The molecule has 0 unspecified atom stereocenters. The van der Waals surface area contributed by atoms with Crippen LogP contribution in [-0.2, 0) is 0 Å². The van der Waals surface area contributed by atoms with Gasteiger partial charge in [0.2, 0.25) is 0 Å². The second-order valence-electron chi connectivity index (χ2n) is 4.41. The number of benzene rings is 1. The predicted molar refractivity (Wildman–Crippen MR) is 67.8 cm³/mol. The Morgan fingerprint density at radius 3 is 2.68 bits per heavy atom. The lowest BCUT2D eigenvalue weighted by molar-refractivity contribution is 0.0697. The standard InChI is InChI=1S/C13H15FN2O3/c1-2-16(8-6-7-8)13(19)15-11-9(12(17)18)4-3-5-10(11)14/h3-5,8H,2,6-7H2,1H3,(H,15,19)(H,17,18). The molecule has 0 bridgehead atoms. The maximum Gasteiger partial charge on any atom is 0.337 e. The van der Waals surface area contributed by atoms with E-state index in [1.165, 1.54) is 12.1 Å². The van der Waals surface area contributed by atoms with Crippen molar-refractivity contribution in [2.45, 2.75) is 25.8 Å². The van der Waals surface area contributed by atoms with Crippen molar-refractivity contribution >= 4 is 17.7 Å². The molecule has 0 radical (unpaired) electrons. The van der Waals surface area contributed by atoms with E-state index in [1.807, 2.05) is 6.92 Å². The largest absolute Gasteiger partial charge is 0.478 e. The summed E-state index contributed by atoms with van der Waals surface area (Å²) < 4.78 is 13.7. The van der Waals surface area contributed by atoms with Gasteiger partial charge >= 0.3 is 12.0 Å². The molecule has 0 aromatic heterocycles. The SMILES string of the molecule is CCN(C(=O)Nc1c(F)cccc1C(=O)O)C1CC1. The summed E-state index contributed by atoms with van der Waals surface area (Å²) in [4.78, 5) is 24.6. The molecule has 1 saturated carbocycles. The zero-order valence-corrected chi connectivity index (χ0v) is 10.5. The number of para-hydroxylation sites is 1. The number of carboxylic acids is 1. The molecule has 102 valence electrons. The summed E-state index contributed by atoms with van der Waals surface area (Å²) >= 11 is 0. The van der Waals surface area contributed by atoms with Crippen molar-refractivity contribution in [1.29, 1.82) is 0 Å². The quantitative estimate of drug-likeness (QED) is 0.879. The Labute approximate surface area is 110 Å². The first-order valence-corrected chi connectivity index (χ1v) is 6.14. The molecule has 1 aliphatic rings. The predicted octanol–water partition coefficient (Wildman–Crippen LogP) is 2.54. The van der Waals surface area contributed by atoms with Crippen molar-refractivity contribution in [3.05, 3.63) is 29.6 Å². The Bertz CT molecular complexity index is 515. The van der Waals surface area contributed by atoms with Crippen LogP contribution in [0.3, 0.4) is 0 Å². The fraction of sp³-hybridized carbons (Fsp3) is 0.385. The summed E-state index contributed by atoms with van der Waals surface area (Å²) in [6, 6.07) is 3.40. The summed E-state index contributed by atoms with van der Waals surface area (Å²) in [6.07, 6.45) is 1.87. The summed E-state index contributed by atoms with van der Waals surface area (Å²) in [5.74, 6) is -2.02. The number of nitrogens with zero attached hydrogens (tertiary/aromatic N) is 1. The van der Waals surface area contributed by atoms with Crippen LogP contribution in [-0.4, -0.2) is 34.6 Å². The van der Waals surface area contributed by atoms with Crippen LogP contribution in [0.15, 0.2) is 18.2 Å². The van der Waals surface area contributed by atoms with Gasteiger partial charge in [-0.15, -0.1) is 0 Å². The Balaban J connectivity index is 2.22. The molecular formula is C13H15FN2O3. The fourth-order valence-electron chi connectivity index (χ4n) is 1.96. The van der Waals surface area contributed by atoms with Crippen LogP contribution < -0.4 is 5.32 Å². The number of anilines is 1. The van der Waals surface area contributed by atoms with Crippen molar-refractivity contribution < 1.29 is 19.1 Å². The molecule has 5 nitrogen and oxygen atoms in total. The lowest BCUT2D eigenvalue weighted by Gasteiger charge is -2.21. The number of aromatic carboxylic acids is 1. The van der Waals surface area contributed by atoms with Crippen LogP contribution in [0.2, 0.25) is 0 Å². The highest BCUT2D eigenvalue weighted by Gasteiger charge is 2.32. The van der Waals surface area contributed by atoms with Gasteiger partial charge in [0.05, 0.1) is 11.3 Å². The number of carbonyl (C=O) groups is 2. The van der Waals surface area contributed by atoms with E-state index < -0.39 is 17.8 Å². The van der Waals surface area contributed by atoms with E-state index >= 15 is 0 Å². The van der Waals surface area contributed by atoms with Gasteiger partial charge < -0.3 is 15.3 Å². The van der Waals surface area contributed by atoms with Gasteiger partial charge in [-0.1, -0.05) is 6.07 Å². The molecule has 0 heterocycles. The molecule has 0 saturated heterocycles. The van der Waals surface area contributed by atoms with Crippen molar-refractivity contribution in [3.8, 4) is 0 Å². The smallest absolute Gasteiger partial charge is 0.337 e. The van der Waals surface area contributed by atoms with Crippen molar-refractivity contribution in [3.63, 3.8) is 0 Å². The molecule has 1 fully saturated rings. The Hall–Kier alpha value is -2.11. The Morgan fingerprint density at radius 2 is 2.16 bits per heavy atom. The minimum Gasteiger partial charge on any atom is -0.478 e. The third-order valence-electron chi connectivity index (χ3n) is 3.07. The van der Waals surface area contributed by atoms with E-state index in [9.17, 15) is 14.0 Å². The first-order valence-electron chi connectivity index (χ1n) is 6.14.